The zero-order valence-corrected chi connectivity index (χ0v) is 15.0. The molecule has 0 aromatic heterocycles. The maximum Gasteiger partial charge on any atom is 0.225 e. The van der Waals surface area contributed by atoms with Crippen LogP contribution in [0.25, 0.3) is 0 Å². The highest BCUT2D eigenvalue weighted by molar-refractivity contribution is 6.31. The van der Waals surface area contributed by atoms with E-state index in [2.05, 4.69) is 5.32 Å². The molecule has 0 saturated heterocycles. The molecule has 1 N–H and O–H groups in total. The van der Waals surface area contributed by atoms with Crippen molar-refractivity contribution >= 4 is 23.3 Å². The van der Waals surface area contributed by atoms with Gasteiger partial charge in [0, 0.05) is 35.1 Å². The van der Waals surface area contributed by atoms with E-state index in [1.165, 1.54) is 12.1 Å². The van der Waals surface area contributed by atoms with Crippen molar-refractivity contribution in [2.45, 2.75) is 31.1 Å². The molecule has 0 bridgehead atoms. The fourth-order valence-electron chi connectivity index (χ4n) is 4.04. The van der Waals surface area contributed by atoms with Crippen LogP contribution in [0.4, 0.5) is 8.78 Å². The number of amides is 1. The van der Waals surface area contributed by atoms with Crippen LogP contribution in [0.3, 0.4) is 0 Å². The van der Waals surface area contributed by atoms with Crippen LogP contribution in [0.1, 0.15) is 42.2 Å². The summed E-state index contributed by atoms with van der Waals surface area (Å²) in [5.41, 5.74) is 1.75. The first-order chi connectivity index (χ1) is 13.0. The second-order valence-corrected chi connectivity index (χ2v) is 7.30. The van der Waals surface area contributed by atoms with Crippen molar-refractivity contribution in [1.29, 1.82) is 0 Å². The minimum absolute atomic E-state index is 0.0434. The minimum Gasteiger partial charge on any atom is -0.329 e. The van der Waals surface area contributed by atoms with E-state index < -0.39 is 17.6 Å². The van der Waals surface area contributed by atoms with E-state index in [0.717, 1.165) is 11.6 Å². The molecule has 0 spiro atoms. The molecular formula is C21H16ClF2NO2. The lowest BCUT2D eigenvalue weighted by Crippen LogP contribution is -2.38. The first-order valence-corrected chi connectivity index (χ1v) is 9.08. The van der Waals surface area contributed by atoms with Gasteiger partial charge < -0.3 is 5.32 Å². The van der Waals surface area contributed by atoms with E-state index in [-0.39, 0.29) is 36.0 Å². The number of benzene rings is 2. The summed E-state index contributed by atoms with van der Waals surface area (Å²) < 4.78 is 28.0. The highest BCUT2D eigenvalue weighted by Crippen LogP contribution is 2.44. The van der Waals surface area contributed by atoms with Crippen molar-refractivity contribution in [3.63, 3.8) is 0 Å². The summed E-state index contributed by atoms with van der Waals surface area (Å²) in [6.07, 6.45) is 0.553. The number of allylic oxidation sites excluding steroid dienone is 2. The Morgan fingerprint density at radius 3 is 2.44 bits per heavy atom. The van der Waals surface area contributed by atoms with Gasteiger partial charge in [-0.15, -0.1) is 0 Å². The second-order valence-electron chi connectivity index (χ2n) is 6.89. The van der Waals surface area contributed by atoms with Gasteiger partial charge in [-0.25, -0.2) is 8.78 Å². The Morgan fingerprint density at radius 2 is 1.67 bits per heavy atom. The molecule has 0 saturated carbocycles. The zero-order valence-electron chi connectivity index (χ0n) is 14.3. The molecule has 4 rings (SSSR count). The molecule has 2 aliphatic rings. The fraction of sp³-hybridized carbons (Fsp3) is 0.238. The van der Waals surface area contributed by atoms with Crippen LogP contribution >= 0.6 is 11.6 Å². The molecule has 2 aromatic carbocycles. The number of carbonyl (C=O) groups excluding carboxylic acids is 2. The van der Waals surface area contributed by atoms with Crippen LogP contribution in [0.15, 0.2) is 53.7 Å². The van der Waals surface area contributed by atoms with Gasteiger partial charge in [0.15, 0.2) is 17.4 Å². The molecule has 1 amide bonds. The van der Waals surface area contributed by atoms with E-state index in [1.54, 1.807) is 6.07 Å². The van der Waals surface area contributed by atoms with Gasteiger partial charge >= 0.3 is 0 Å². The van der Waals surface area contributed by atoms with Crippen LogP contribution in [-0.2, 0) is 9.59 Å². The Morgan fingerprint density at radius 1 is 0.926 bits per heavy atom. The van der Waals surface area contributed by atoms with Gasteiger partial charge in [0.2, 0.25) is 5.91 Å². The third-order valence-electron chi connectivity index (χ3n) is 5.24. The molecule has 3 nitrogen and oxygen atoms in total. The quantitative estimate of drug-likeness (QED) is 0.817. The predicted octanol–water partition coefficient (Wildman–Crippen LogP) is 4.62. The van der Waals surface area contributed by atoms with E-state index in [0.29, 0.717) is 22.7 Å². The molecule has 2 atom stereocenters. The molecule has 6 heteroatoms. The number of hydrogen-bond acceptors (Lipinski definition) is 2. The van der Waals surface area contributed by atoms with Crippen LogP contribution in [-0.4, -0.2) is 11.7 Å². The summed E-state index contributed by atoms with van der Waals surface area (Å²) in [5.74, 6) is -3.42. The Balaban J connectivity index is 1.77. The molecule has 138 valence electrons. The predicted molar refractivity (Wildman–Crippen MR) is 97.3 cm³/mol. The van der Waals surface area contributed by atoms with Crippen LogP contribution in [0.5, 0.6) is 0 Å². The molecule has 0 unspecified atom stereocenters. The van der Waals surface area contributed by atoms with Crippen molar-refractivity contribution in [3.05, 3.63) is 81.5 Å². The van der Waals surface area contributed by atoms with Crippen molar-refractivity contribution in [2.75, 3.05) is 0 Å². The van der Waals surface area contributed by atoms with Crippen LogP contribution in [0, 0.1) is 11.6 Å². The minimum atomic E-state index is -1.01. The second kappa shape index (κ2) is 6.89. The van der Waals surface area contributed by atoms with Gasteiger partial charge in [-0.3, -0.25) is 9.59 Å². The maximum absolute atomic E-state index is 14.3. The topological polar surface area (TPSA) is 46.2 Å². The highest BCUT2D eigenvalue weighted by atomic mass is 35.5. The molecule has 0 fully saturated rings. The lowest BCUT2D eigenvalue weighted by molar-refractivity contribution is -0.122. The summed E-state index contributed by atoms with van der Waals surface area (Å²) in [6.45, 7) is 0. The Labute approximate surface area is 160 Å². The smallest absolute Gasteiger partial charge is 0.225 e. The highest BCUT2D eigenvalue weighted by Gasteiger charge is 2.39. The Kier molecular flexibility index (Phi) is 4.56. The van der Waals surface area contributed by atoms with Crippen molar-refractivity contribution < 1.29 is 18.4 Å². The van der Waals surface area contributed by atoms with Gasteiger partial charge in [0.1, 0.15) is 0 Å². The van der Waals surface area contributed by atoms with E-state index in [1.807, 2.05) is 18.2 Å². The van der Waals surface area contributed by atoms with Gasteiger partial charge in [-0.2, -0.15) is 0 Å². The molecule has 0 radical (unpaired) electrons. The molecule has 27 heavy (non-hydrogen) atoms. The molecule has 2 aromatic rings. The summed E-state index contributed by atoms with van der Waals surface area (Å²) in [6, 6.07) is 11.1. The average molecular weight is 388 g/mol. The summed E-state index contributed by atoms with van der Waals surface area (Å²) in [7, 11) is 0. The van der Waals surface area contributed by atoms with Gasteiger partial charge in [-0.1, -0.05) is 41.9 Å². The Bertz CT molecular complexity index is 986. The fourth-order valence-corrected chi connectivity index (χ4v) is 4.33. The molecule has 1 aliphatic carbocycles. The number of ketones is 1. The van der Waals surface area contributed by atoms with Crippen LogP contribution in [0.2, 0.25) is 5.02 Å². The Hall–Kier alpha value is -2.53. The molecule has 1 aliphatic heterocycles. The zero-order chi connectivity index (χ0) is 19.1. The normalized spacial score (nSPS) is 22.5. The largest absolute Gasteiger partial charge is 0.329 e. The number of Topliss-reactive ketones (excluding diaryl/α,β-unsaturated/α-hetero) is 1. The van der Waals surface area contributed by atoms with Crippen molar-refractivity contribution in [1.82, 2.24) is 5.32 Å². The number of carbonyl (C=O) groups is 2. The number of rotatable bonds is 2. The first kappa shape index (κ1) is 17.9. The van der Waals surface area contributed by atoms with Gasteiger partial charge in [0.25, 0.3) is 0 Å². The van der Waals surface area contributed by atoms with E-state index >= 15 is 0 Å². The molecule has 1 heterocycles. The van der Waals surface area contributed by atoms with Crippen molar-refractivity contribution in [3.8, 4) is 0 Å². The summed E-state index contributed by atoms with van der Waals surface area (Å²) in [5, 5.41) is 3.33. The molecular weight excluding hydrogens is 372 g/mol. The standard InChI is InChI=1S/C21H16ClF2NO2/c22-15-6-2-1-4-12(15)11-8-17-20(18(26)9-11)14(10-19(27)25-17)13-5-3-7-16(23)21(13)24/h1-7,11,14H,8-10H2,(H,25,27)/t11-,14+/m0/s1. The number of nitrogens with one attached hydrogen (secondary N) is 1. The summed E-state index contributed by atoms with van der Waals surface area (Å²) >= 11 is 6.27. The SMILES string of the molecule is O=C1C[C@H](c2cccc(F)c2F)C2=C(C[C@H](c3ccccc3Cl)CC2=O)N1. The van der Waals surface area contributed by atoms with Gasteiger partial charge in [0.05, 0.1) is 0 Å². The van der Waals surface area contributed by atoms with Gasteiger partial charge in [-0.05, 0) is 35.6 Å². The first-order valence-electron chi connectivity index (χ1n) is 8.70. The van der Waals surface area contributed by atoms with E-state index in [4.69, 9.17) is 11.6 Å². The third-order valence-corrected chi connectivity index (χ3v) is 5.58. The third kappa shape index (κ3) is 3.16. The van der Waals surface area contributed by atoms with Crippen molar-refractivity contribution in [2.24, 2.45) is 0 Å². The lowest BCUT2D eigenvalue weighted by atomic mass is 9.73. The number of hydrogen-bond donors (Lipinski definition) is 1. The summed E-state index contributed by atoms with van der Waals surface area (Å²) in [4.78, 5) is 25.2. The van der Waals surface area contributed by atoms with Crippen LogP contribution < -0.4 is 5.32 Å². The lowest BCUT2D eigenvalue weighted by Gasteiger charge is -2.34. The van der Waals surface area contributed by atoms with E-state index in [9.17, 15) is 18.4 Å². The maximum atomic E-state index is 14.3. The average Bonchev–Trinajstić information content (AvgIpc) is 2.63. The number of halogens is 3. The monoisotopic (exact) mass is 387 g/mol.